The summed E-state index contributed by atoms with van der Waals surface area (Å²) in [6.45, 7) is 1.87. The van der Waals surface area contributed by atoms with Crippen LogP contribution in [0.25, 0.3) is 10.9 Å². The predicted molar refractivity (Wildman–Crippen MR) is 105 cm³/mol. The van der Waals surface area contributed by atoms with Gasteiger partial charge in [0.1, 0.15) is 11.3 Å². The second-order valence-electron chi connectivity index (χ2n) is 6.81. The number of aromatic nitrogens is 3. The number of nitrogens with zero attached hydrogens (tertiary/aromatic N) is 3. The number of hydrogen-bond donors (Lipinski definition) is 3. The summed E-state index contributed by atoms with van der Waals surface area (Å²) in [5.74, 6) is -2.02. The Labute approximate surface area is 164 Å². The third-order valence-corrected chi connectivity index (χ3v) is 4.92. The number of ether oxygens (including phenoxy) is 1. The number of aromatic carboxylic acids is 1. The molecule has 2 aromatic heterocycles. The van der Waals surface area contributed by atoms with Crippen molar-refractivity contribution in [2.45, 2.75) is 25.9 Å². The van der Waals surface area contributed by atoms with Crippen LogP contribution in [0.1, 0.15) is 23.2 Å². The number of halogens is 1. The fourth-order valence-corrected chi connectivity index (χ4v) is 3.55. The van der Waals surface area contributed by atoms with Gasteiger partial charge in [-0.2, -0.15) is 0 Å². The first-order valence-electron chi connectivity index (χ1n) is 9.22. The largest absolute Gasteiger partial charge is 0.489 e. The minimum atomic E-state index is -1.38. The number of carboxylic acids is 1. The molecule has 29 heavy (non-hydrogen) atoms. The molecule has 0 aliphatic carbocycles. The van der Waals surface area contributed by atoms with Crippen LogP contribution >= 0.6 is 0 Å². The highest BCUT2D eigenvalue weighted by molar-refractivity contribution is 6.03. The molecule has 0 amide bonds. The van der Waals surface area contributed by atoms with E-state index in [0.29, 0.717) is 44.6 Å². The number of rotatable bonds is 6. The minimum absolute atomic E-state index is 0.0822. The van der Waals surface area contributed by atoms with Crippen molar-refractivity contribution in [2.75, 3.05) is 24.2 Å². The number of anilines is 2. The molecule has 0 unspecified atom stereocenters. The van der Waals surface area contributed by atoms with Crippen LogP contribution in [0, 0.1) is 5.82 Å². The van der Waals surface area contributed by atoms with E-state index < -0.39 is 22.8 Å². The molecule has 1 aliphatic heterocycles. The van der Waals surface area contributed by atoms with Gasteiger partial charge < -0.3 is 30.0 Å². The summed E-state index contributed by atoms with van der Waals surface area (Å²) in [7, 11) is 0. The Hall–Kier alpha value is -3.56. The molecular weight excluding hydrogens is 381 g/mol. The number of nitrogens with two attached hydrogens (primary N) is 1. The maximum Gasteiger partial charge on any atom is 0.341 e. The van der Waals surface area contributed by atoms with E-state index in [4.69, 9.17) is 10.5 Å². The Kier molecular flexibility index (Phi) is 4.83. The molecular formula is C19H20FN5O4. The first-order valence-corrected chi connectivity index (χ1v) is 9.22. The van der Waals surface area contributed by atoms with Crippen molar-refractivity contribution >= 4 is 28.2 Å². The van der Waals surface area contributed by atoms with Gasteiger partial charge in [-0.1, -0.05) is 0 Å². The van der Waals surface area contributed by atoms with Crippen LogP contribution in [0.2, 0.25) is 0 Å². The summed E-state index contributed by atoms with van der Waals surface area (Å²) in [5, 5.41) is 12.2. The second-order valence-corrected chi connectivity index (χ2v) is 6.81. The molecule has 0 saturated heterocycles. The van der Waals surface area contributed by atoms with Gasteiger partial charge in [0.25, 0.3) is 0 Å². The number of hydrogen-bond acceptors (Lipinski definition) is 6. The molecule has 0 radical (unpaired) electrons. The predicted octanol–water partition coefficient (Wildman–Crippen LogP) is 1.90. The highest BCUT2D eigenvalue weighted by Gasteiger charge is 2.27. The standard InChI is InChI=1S/C19H20FN5O4/c20-13-14(21)12-16-18(15(13)23-3-1-5-24-7-4-22-10-24)29-8-2-6-25(16)9-11(17(12)26)19(27)28/h4,7,9-10,23H,1-3,5-6,8,21H2,(H,27,28). The van der Waals surface area contributed by atoms with Crippen molar-refractivity contribution in [1.82, 2.24) is 14.1 Å². The molecule has 152 valence electrons. The summed E-state index contributed by atoms with van der Waals surface area (Å²) in [6.07, 6.45) is 7.76. The number of nitrogen functional groups attached to an aromatic ring is 1. The Morgan fingerprint density at radius 3 is 3.00 bits per heavy atom. The number of pyridine rings is 1. The Morgan fingerprint density at radius 1 is 1.45 bits per heavy atom. The molecule has 3 heterocycles. The van der Waals surface area contributed by atoms with Gasteiger partial charge in [-0.15, -0.1) is 0 Å². The lowest BCUT2D eigenvalue weighted by atomic mass is 10.1. The first-order chi connectivity index (χ1) is 14.0. The number of carbonyl (C=O) groups is 1. The van der Waals surface area contributed by atoms with E-state index in [1.807, 2.05) is 10.8 Å². The summed E-state index contributed by atoms with van der Waals surface area (Å²) >= 11 is 0. The quantitative estimate of drug-likeness (QED) is 0.426. The maximum atomic E-state index is 15.1. The third-order valence-electron chi connectivity index (χ3n) is 4.92. The molecule has 9 nitrogen and oxygen atoms in total. The molecule has 0 saturated carbocycles. The molecule has 3 aromatic rings. The van der Waals surface area contributed by atoms with Crippen LogP contribution < -0.4 is 21.2 Å². The van der Waals surface area contributed by atoms with E-state index in [1.165, 1.54) is 6.20 Å². The highest BCUT2D eigenvalue weighted by atomic mass is 19.1. The van der Waals surface area contributed by atoms with Gasteiger partial charge >= 0.3 is 5.97 Å². The van der Waals surface area contributed by atoms with Crippen molar-refractivity contribution < 1.29 is 19.0 Å². The van der Waals surface area contributed by atoms with Gasteiger partial charge in [0.2, 0.25) is 5.43 Å². The lowest BCUT2D eigenvalue weighted by Crippen LogP contribution is -2.21. The Morgan fingerprint density at radius 2 is 2.28 bits per heavy atom. The maximum absolute atomic E-state index is 15.1. The van der Waals surface area contributed by atoms with Crippen molar-refractivity contribution in [2.24, 2.45) is 0 Å². The molecule has 4 N–H and O–H groups in total. The SMILES string of the molecule is Nc1c(F)c(NCCCn2ccnc2)c2c3c1c(=O)c(C(=O)O)cn3CCCO2. The zero-order chi connectivity index (χ0) is 20.5. The Balaban J connectivity index is 1.78. The molecule has 10 heteroatoms. The average molecular weight is 401 g/mol. The average Bonchev–Trinajstić information content (AvgIpc) is 3.12. The number of carboxylic acid groups (broad SMARTS) is 1. The van der Waals surface area contributed by atoms with Gasteiger partial charge in [0.05, 0.1) is 29.5 Å². The fraction of sp³-hybridized carbons (Fsp3) is 0.316. The van der Waals surface area contributed by atoms with Crippen LogP contribution in [-0.4, -0.2) is 38.3 Å². The van der Waals surface area contributed by atoms with Crippen LogP contribution in [0.4, 0.5) is 15.8 Å². The van der Waals surface area contributed by atoms with Crippen LogP contribution in [0.5, 0.6) is 5.75 Å². The van der Waals surface area contributed by atoms with E-state index in [1.54, 1.807) is 17.1 Å². The zero-order valence-corrected chi connectivity index (χ0v) is 15.5. The van der Waals surface area contributed by atoms with E-state index in [0.717, 1.165) is 0 Å². The van der Waals surface area contributed by atoms with E-state index in [-0.39, 0.29) is 22.5 Å². The third kappa shape index (κ3) is 3.26. The molecule has 1 aliphatic rings. The molecule has 1 aromatic carbocycles. The summed E-state index contributed by atoms with van der Waals surface area (Å²) in [6, 6.07) is 0. The Bertz CT molecular complexity index is 1140. The smallest absolute Gasteiger partial charge is 0.341 e. The first kappa shape index (κ1) is 18.8. The molecule has 0 spiro atoms. The van der Waals surface area contributed by atoms with E-state index in [9.17, 15) is 14.7 Å². The number of imidazole rings is 1. The highest BCUT2D eigenvalue weighted by Crippen LogP contribution is 2.41. The summed E-state index contributed by atoms with van der Waals surface area (Å²) in [4.78, 5) is 28.1. The fourth-order valence-electron chi connectivity index (χ4n) is 3.55. The van der Waals surface area contributed by atoms with E-state index >= 15 is 4.39 Å². The molecule has 0 atom stereocenters. The minimum Gasteiger partial charge on any atom is -0.489 e. The molecule has 4 rings (SSSR count). The van der Waals surface area contributed by atoms with Crippen molar-refractivity contribution in [3.05, 3.63) is 46.5 Å². The summed E-state index contributed by atoms with van der Waals surface area (Å²) in [5.41, 5.74) is 4.70. The van der Waals surface area contributed by atoms with Gasteiger partial charge in [-0.05, 0) is 12.8 Å². The summed E-state index contributed by atoms with van der Waals surface area (Å²) < 4.78 is 24.4. The number of benzene rings is 1. The number of nitrogens with one attached hydrogen (secondary N) is 1. The van der Waals surface area contributed by atoms with Crippen molar-refractivity contribution in [3.63, 3.8) is 0 Å². The lowest BCUT2D eigenvalue weighted by Gasteiger charge is -2.19. The van der Waals surface area contributed by atoms with Gasteiger partial charge in [0, 0.05) is 38.2 Å². The zero-order valence-electron chi connectivity index (χ0n) is 15.5. The number of aryl methyl sites for hydroxylation is 2. The van der Waals surface area contributed by atoms with E-state index in [2.05, 4.69) is 10.3 Å². The van der Waals surface area contributed by atoms with Crippen LogP contribution in [-0.2, 0) is 13.1 Å². The normalized spacial score (nSPS) is 13.1. The van der Waals surface area contributed by atoms with Gasteiger partial charge in [-0.25, -0.2) is 14.2 Å². The van der Waals surface area contributed by atoms with Gasteiger partial charge in [0.15, 0.2) is 11.6 Å². The van der Waals surface area contributed by atoms with Gasteiger partial charge in [-0.3, -0.25) is 4.79 Å². The second kappa shape index (κ2) is 7.46. The van der Waals surface area contributed by atoms with Crippen molar-refractivity contribution in [3.8, 4) is 5.75 Å². The van der Waals surface area contributed by atoms with Crippen LogP contribution in [0.3, 0.4) is 0 Å². The molecule has 0 bridgehead atoms. The molecule has 0 fully saturated rings. The van der Waals surface area contributed by atoms with Crippen molar-refractivity contribution in [1.29, 1.82) is 0 Å². The van der Waals surface area contributed by atoms with Crippen LogP contribution in [0.15, 0.2) is 29.7 Å². The monoisotopic (exact) mass is 401 g/mol. The lowest BCUT2D eigenvalue weighted by molar-refractivity contribution is 0.0695. The topological polar surface area (TPSA) is 124 Å².